The summed E-state index contributed by atoms with van der Waals surface area (Å²) in [6.45, 7) is 1.94. The third-order valence-electron chi connectivity index (χ3n) is 8.63. The Balaban J connectivity index is 1.35. The summed E-state index contributed by atoms with van der Waals surface area (Å²) in [6.07, 6.45) is 8.33. The summed E-state index contributed by atoms with van der Waals surface area (Å²) in [6, 6.07) is 15.4. The van der Waals surface area contributed by atoms with Crippen LogP contribution >= 0.6 is 11.6 Å². The molecule has 2 aromatic carbocycles. The van der Waals surface area contributed by atoms with Crippen LogP contribution in [0.3, 0.4) is 0 Å². The summed E-state index contributed by atoms with van der Waals surface area (Å²) in [7, 11) is 0. The van der Waals surface area contributed by atoms with Crippen molar-refractivity contribution in [2.24, 2.45) is 11.8 Å². The Hall–Kier alpha value is -3.16. The molecule has 8 heteroatoms. The van der Waals surface area contributed by atoms with E-state index in [1.54, 1.807) is 29.2 Å². The maximum absolute atomic E-state index is 14.2. The molecule has 6 rings (SSSR count). The highest BCUT2D eigenvalue weighted by molar-refractivity contribution is 6.30. The van der Waals surface area contributed by atoms with Gasteiger partial charge in [-0.05, 0) is 49.6 Å². The van der Waals surface area contributed by atoms with Crippen molar-refractivity contribution in [1.82, 2.24) is 10.2 Å². The van der Waals surface area contributed by atoms with Crippen molar-refractivity contribution in [3.8, 4) is 0 Å². The van der Waals surface area contributed by atoms with Gasteiger partial charge in [-0.1, -0.05) is 73.3 Å². The Labute approximate surface area is 227 Å². The lowest BCUT2D eigenvalue weighted by molar-refractivity contribution is -0.143. The van der Waals surface area contributed by atoms with E-state index in [2.05, 4.69) is 10.6 Å². The van der Waals surface area contributed by atoms with E-state index in [1.807, 2.05) is 49.4 Å². The van der Waals surface area contributed by atoms with Crippen LogP contribution in [0.5, 0.6) is 0 Å². The Morgan fingerprint density at radius 1 is 1.03 bits per heavy atom. The maximum atomic E-state index is 14.2. The van der Waals surface area contributed by atoms with Gasteiger partial charge in [-0.2, -0.15) is 0 Å². The molecule has 198 valence electrons. The van der Waals surface area contributed by atoms with Crippen molar-refractivity contribution in [3.05, 3.63) is 77.3 Å². The number of hydrogen-bond acceptors (Lipinski definition) is 4. The molecule has 3 fully saturated rings. The molecular formula is C30H32ClN3O4. The van der Waals surface area contributed by atoms with Gasteiger partial charge < -0.3 is 20.3 Å². The smallest absolute Gasteiger partial charge is 0.246 e. The Morgan fingerprint density at radius 2 is 1.74 bits per heavy atom. The number of hydrogen-bond donors (Lipinski definition) is 2. The molecule has 1 spiro atoms. The zero-order valence-corrected chi connectivity index (χ0v) is 22.1. The number of amides is 3. The average molecular weight is 534 g/mol. The fraction of sp³-hybridized carbons (Fsp3) is 0.433. The molecule has 2 aromatic rings. The van der Waals surface area contributed by atoms with Gasteiger partial charge >= 0.3 is 0 Å². The minimum absolute atomic E-state index is 0.0854. The average Bonchev–Trinajstić information content (AvgIpc) is 3.58. The summed E-state index contributed by atoms with van der Waals surface area (Å²) in [5.74, 6) is -2.28. The van der Waals surface area contributed by atoms with Gasteiger partial charge in [0.05, 0.1) is 24.0 Å². The van der Waals surface area contributed by atoms with E-state index in [0.717, 1.165) is 31.2 Å². The van der Waals surface area contributed by atoms with Gasteiger partial charge in [0.15, 0.2) is 0 Å². The molecule has 3 amide bonds. The molecule has 2 bridgehead atoms. The highest BCUT2D eigenvalue weighted by Gasteiger charge is 2.73. The number of halogens is 1. The molecule has 0 radical (unpaired) electrons. The largest absolute Gasteiger partial charge is 0.359 e. The van der Waals surface area contributed by atoms with Crippen LogP contribution in [0.15, 0.2) is 66.7 Å². The molecule has 3 aliphatic heterocycles. The summed E-state index contributed by atoms with van der Waals surface area (Å²) in [5, 5.41) is 6.73. The summed E-state index contributed by atoms with van der Waals surface area (Å²) in [5.41, 5.74) is 0.325. The van der Waals surface area contributed by atoms with E-state index >= 15 is 0 Å². The first-order chi connectivity index (χ1) is 18.4. The molecule has 38 heavy (non-hydrogen) atoms. The van der Waals surface area contributed by atoms with E-state index in [9.17, 15) is 14.4 Å². The van der Waals surface area contributed by atoms with Crippen LogP contribution < -0.4 is 10.6 Å². The Bertz CT molecular complexity index is 1260. The van der Waals surface area contributed by atoms with Crippen molar-refractivity contribution >= 4 is 35.0 Å². The van der Waals surface area contributed by atoms with E-state index in [0.29, 0.717) is 10.7 Å². The molecule has 6 atom stereocenters. The van der Waals surface area contributed by atoms with Crippen molar-refractivity contribution in [3.63, 3.8) is 0 Å². The zero-order valence-electron chi connectivity index (χ0n) is 21.3. The summed E-state index contributed by atoms with van der Waals surface area (Å²) in [4.78, 5) is 43.5. The predicted molar refractivity (Wildman–Crippen MR) is 144 cm³/mol. The summed E-state index contributed by atoms with van der Waals surface area (Å²) < 4.78 is 6.47. The number of likely N-dealkylation sites (tertiary alicyclic amines) is 1. The SMILES string of the molecule is CC(c1ccccc1)N1C(=O)C2C(C(=O)Nc3ccc(Cl)cc3)C3C=CC2(O3)C1C(=O)NC1CCCCC1. The van der Waals surface area contributed by atoms with E-state index in [-0.39, 0.29) is 29.8 Å². The van der Waals surface area contributed by atoms with Gasteiger partial charge in [0, 0.05) is 16.8 Å². The minimum atomic E-state index is -1.19. The number of carbonyl (C=O) groups excluding carboxylic acids is 3. The predicted octanol–water partition coefficient (Wildman–Crippen LogP) is 4.64. The molecule has 0 aromatic heterocycles. The first-order valence-electron chi connectivity index (χ1n) is 13.5. The molecular weight excluding hydrogens is 502 g/mol. The molecule has 6 unspecified atom stereocenters. The second-order valence-electron chi connectivity index (χ2n) is 10.9. The number of nitrogens with zero attached hydrogens (tertiary/aromatic N) is 1. The number of ether oxygens (including phenoxy) is 1. The quantitative estimate of drug-likeness (QED) is 0.530. The van der Waals surface area contributed by atoms with Crippen LogP contribution in [-0.4, -0.2) is 46.4 Å². The lowest BCUT2D eigenvalue weighted by atomic mass is 9.74. The highest BCUT2D eigenvalue weighted by atomic mass is 35.5. The van der Waals surface area contributed by atoms with Crippen LogP contribution in [0.1, 0.15) is 50.6 Å². The Kier molecular flexibility index (Phi) is 6.52. The monoisotopic (exact) mass is 533 g/mol. The van der Waals surface area contributed by atoms with Crippen LogP contribution in [0, 0.1) is 11.8 Å². The third kappa shape index (κ3) is 4.12. The topological polar surface area (TPSA) is 87.7 Å². The van der Waals surface area contributed by atoms with Crippen LogP contribution in [0.4, 0.5) is 5.69 Å². The molecule has 1 saturated carbocycles. The van der Waals surface area contributed by atoms with Gasteiger partial charge in [0.25, 0.3) is 0 Å². The first-order valence-corrected chi connectivity index (χ1v) is 13.9. The lowest BCUT2D eigenvalue weighted by Gasteiger charge is -2.37. The van der Waals surface area contributed by atoms with E-state index in [1.165, 1.54) is 6.42 Å². The minimum Gasteiger partial charge on any atom is -0.359 e. The molecule has 7 nitrogen and oxygen atoms in total. The standard InChI is InChI=1S/C30H32ClN3O4/c1-18(19-8-4-2-5-9-19)34-26(28(36)33-21-10-6-3-7-11-21)30-17-16-23(38-30)24(25(30)29(34)37)27(35)32-22-14-12-20(31)13-15-22/h2,4-5,8-9,12-18,21,23-26H,3,6-7,10-11H2,1H3,(H,32,35)(H,33,36). The van der Waals surface area contributed by atoms with Crippen LogP contribution in [0.25, 0.3) is 0 Å². The molecule has 4 aliphatic rings. The van der Waals surface area contributed by atoms with E-state index < -0.39 is 29.6 Å². The van der Waals surface area contributed by atoms with Crippen LogP contribution in [-0.2, 0) is 19.1 Å². The van der Waals surface area contributed by atoms with Gasteiger partial charge in [-0.15, -0.1) is 0 Å². The number of anilines is 1. The second kappa shape index (κ2) is 9.86. The molecule has 2 saturated heterocycles. The number of benzene rings is 2. The van der Waals surface area contributed by atoms with Gasteiger partial charge in [0.2, 0.25) is 17.7 Å². The number of carbonyl (C=O) groups is 3. The van der Waals surface area contributed by atoms with E-state index in [4.69, 9.17) is 16.3 Å². The zero-order chi connectivity index (χ0) is 26.4. The van der Waals surface area contributed by atoms with Crippen molar-refractivity contribution in [1.29, 1.82) is 0 Å². The lowest BCUT2D eigenvalue weighted by Crippen LogP contribution is -2.56. The third-order valence-corrected chi connectivity index (χ3v) is 8.88. The molecule has 3 heterocycles. The Morgan fingerprint density at radius 3 is 2.45 bits per heavy atom. The normalized spacial score (nSPS) is 30.8. The fourth-order valence-electron chi connectivity index (χ4n) is 6.80. The fourth-order valence-corrected chi connectivity index (χ4v) is 6.93. The summed E-state index contributed by atoms with van der Waals surface area (Å²) >= 11 is 6.00. The highest BCUT2D eigenvalue weighted by Crippen LogP contribution is 2.56. The molecule has 1 aliphatic carbocycles. The van der Waals surface area contributed by atoms with Crippen LogP contribution in [0.2, 0.25) is 5.02 Å². The maximum Gasteiger partial charge on any atom is 0.246 e. The number of nitrogens with one attached hydrogen (secondary N) is 2. The second-order valence-corrected chi connectivity index (χ2v) is 11.3. The van der Waals surface area contributed by atoms with Gasteiger partial charge in [-0.3, -0.25) is 14.4 Å². The van der Waals surface area contributed by atoms with Gasteiger partial charge in [0.1, 0.15) is 11.6 Å². The number of fused-ring (bicyclic) bond motifs is 1. The van der Waals surface area contributed by atoms with Crippen molar-refractivity contribution in [2.75, 3.05) is 5.32 Å². The first kappa shape index (κ1) is 25.1. The van der Waals surface area contributed by atoms with Crippen molar-refractivity contribution in [2.45, 2.75) is 68.9 Å². The van der Waals surface area contributed by atoms with Crippen molar-refractivity contribution < 1.29 is 19.1 Å². The molecule has 2 N–H and O–H groups in total. The van der Waals surface area contributed by atoms with Gasteiger partial charge in [-0.25, -0.2) is 0 Å². The number of rotatable bonds is 6.